The average Bonchev–Trinajstić information content (AvgIpc) is 3.42. The fourth-order valence-corrected chi connectivity index (χ4v) is 6.60. The Morgan fingerprint density at radius 2 is 1.77 bits per heavy atom. The molecule has 48 heavy (non-hydrogen) atoms. The maximum atomic E-state index is 14.9. The second kappa shape index (κ2) is 14.3. The lowest BCUT2D eigenvalue weighted by Gasteiger charge is -2.40. The molecule has 268 valence electrons. The molecule has 2 aromatic rings. The molecule has 0 aromatic carbocycles. The van der Waals surface area contributed by atoms with Crippen LogP contribution >= 0.6 is 0 Å². The molecule has 18 heteroatoms. The molecule has 2 aliphatic rings. The first kappa shape index (κ1) is 37.6. The van der Waals surface area contributed by atoms with Crippen LogP contribution in [0.3, 0.4) is 0 Å². The number of pyridine rings is 1. The molecule has 10 nitrogen and oxygen atoms in total. The topological polar surface area (TPSA) is 119 Å². The maximum absolute atomic E-state index is 14.9. The van der Waals surface area contributed by atoms with E-state index in [1.165, 1.54) is 23.9 Å². The fourth-order valence-electron chi connectivity index (χ4n) is 5.84. The van der Waals surface area contributed by atoms with Crippen molar-refractivity contribution in [3.8, 4) is 17.1 Å². The Bertz CT molecular complexity index is 1450. The zero-order valence-corrected chi connectivity index (χ0v) is 28.0. The first-order valence-electron chi connectivity index (χ1n) is 15.5. The molecular weight excluding hydrogens is 671 g/mol. The van der Waals surface area contributed by atoms with Gasteiger partial charge in [0.15, 0.2) is 17.1 Å². The molecule has 1 saturated heterocycles. The average molecular weight is 712 g/mol. The highest BCUT2D eigenvalue weighted by Crippen LogP contribution is 2.42. The predicted octanol–water partition coefficient (Wildman–Crippen LogP) is 5.54. The van der Waals surface area contributed by atoms with Crippen molar-refractivity contribution in [1.29, 1.82) is 0 Å². The van der Waals surface area contributed by atoms with Crippen LogP contribution in [0.25, 0.3) is 11.3 Å². The van der Waals surface area contributed by atoms with Crippen molar-refractivity contribution in [2.45, 2.75) is 101 Å². The van der Waals surface area contributed by atoms with E-state index in [1.54, 1.807) is 0 Å². The zero-order chi connectivity index (χ0) is 35.7. The summed E-state index contributed by atoms with van der Waals surface area (Å²) in [6.07, 6.45) is -11.5. The minimum absolute atomic E-state index is 0.0484. The minimum atomic E-state index is -4.93. The van der Waals surface area contributed by atoms with Crippen molar-refractivity contribution < 1.29 is 54.9 Å². The van der Waals surface area contributed by atoms with Gasteiger partial charge in [-0.1, -0.05) is 19.6 Å². The molecule has 0 radical (unpaired) electrons. The summed E-state index contributed by atoms with van der Waals surface area (Å²) >= 11 is 0. The van der Waals surface area contributed by atoms with Gasteiger partial charge >= 0.3 is 12.4 Å². The number of halogens is 7. The molecule has 0 unspecified atom stereocenters. The summed E-state index contributed by atoms with van der Waals surface area (Å²) in [6.45, 7) is 6.08. The van der Waals surface area contributed by atoms with Crippen LogP contribution in [-0.4, -0.2) is 95.0 Å². The van der Waals surface area contributed by atoms with Crippen LogP contribution in [0, 0.1) is 11.7 Å². The van der Waals surface area contributed by atoms with Crippen molar-refractivity contribution in [3.63, 3.8) is 0 Å². The van der Waals surface area contributed by atoms with Crippen LogP contribution in [0.5, 0.6) is 5.88 Å². The standard InChI is InChI=1S/C30H40F7N5O5Si/c1-46-25-14-20(21(31)16-38-25)23-15-22(40-42(23)17-47-11-12-48(2,3)4)27(44)41-10-7-18(13-24(41)29(32,33)34)26(43)39-19-5-8-28(45,9-6-19)30(35,36)37/h14-16,18-19,24,45H,5-13,17H2,1-4H3,(H,39,43)/t18-,19-,24-,28-/m1/s1. The molecule has 3 heterocycles. The number of carbonyl (C=O) groups is 2. The van der Waals surface area contributed by atoms with Crippen molar-refractivity contribution in [2.24, 2.45) is 5.92 Å². The smallest absolute Gasteiger partial charge is 0.417 e. The number of carbonyl (C=O) groups excluding carboxylic acids is 2. The van der Waals surface area contributed by atoms with Gasteiger partial charge in [-0.3, -0.25) is 9.59 Å². The molecule has 2 fully saturated rings. The zero-order valence-electron chi connectivity index (χ0n) is 27.0. The van der Waals surface area contributed by atoms with E-state index < -0.39 is 93.2 Å². The third-order valence-electron chi connectivity index (χ3n) is 8.82. The lowest BCUT2D eigenvalue weighted by Crippen LogP contribution is -2.56. The number of rotatable bonds is 10. The minimum Gasteiger partial charge on any atom is -0.481 e. The molecule has 2 amide bonds. The Labute approximate surface area is 274 Å². The lowest BCUT2D eigenvalue weighted by atomic mass is 9.81. The van der Waals surface area contributed by atoms with Gasteiger partial charge in [-0.25, -0.2) is 14.1 Å². The Morgan fingerprint density at radius 3 is 2.35 bits per heavy atom. The highest BCUT2D eigenvalue weighted by Gasteiger charge is 2.55. The second-order valence-corrected chi connectivity index (χ2v) is 19.2. The third-order valence-corrected chi connectivity index (χ3v) is 10.5. The number of piperidine rings is 1. The Kier molecular flexibility index (Phi) is 11.2. The molecule has 4 rings (SSSR count). The van der Waals surface area contributed by atoms with Crippen molar-refractivity contribution in [1.82, 2.24) is 25.0 Å². The van der Waals surface area contributed by atoms with Crippen LogP contribution in [-0.2, 0) is 16.3 Å². The Morgan fingerprint density at radius 1 is 1.10 bits per heavy atom. The number of nitrogens with one attached hydrogen (secondary N) is 1. The highest BCUT2D eigenvalue weighted by atomic mass is 28.3. The highest BCUT2D eigenvalue weighted by molar-refractivity contribution is 6.76. The van der Waals surface area contributed by atoms with Gasteiger partial charge in [0.1, 0.15) is 12.8 Å². The number of ether oxygens (including phenoxy) is 2. The van der Waals surface area contributed by atoms with Crippen LogP contribution < -0.4 is 10.1 Å². The van der Waals surface area contributed by atoms with Gasteiger partial charge in [-0.2, -0.15) is 31.4 Å². The van der Waals surface area contributed by atoms with E-state index in [-0.39, 0.29) is 43.1 Å². The van der Waals surface area contributed by atoms with Crippen LogP contribution in [0.1, 0.15) is 49.0 Å². The molecule has 0 spiro atoms. The number of hydrogen-bond acceptors (Lipinski definition) is 7. The summed E-state index contributed by atoms with van der Waals surface area (Å²) in [4.78, 5) is 31.0. The largest absolute Gasteiger partial charge is 0.481 e. The van der Waals surface area contributed by atoms with E-state index in [2.05, 4.69) is 35.0 Å². The Balaban J connectivity index is 1.52. The van der Waals surface area contributed by atoms with Gasteiger partial charge in [-0.05, 0) is 50.6 Å². The fraction of sp³-hybridized carbons (Fsp3) is 0.667. The van der Waals surface area contributed by atoms with E-state index in [0.717, 1.165) is 12.2 Å². The van der Waals surface area contributed by atoms with Gasteiger partial charge < -0.3 is 24.8 Å². The first-order valence-corrected chi connectivity index (χ1v) is 19.3. The van der Waals surface area contributed by atoms with E-state index in [9.17, 15) is 45.4 Å². The molecule has 1 saturated carbocycles. The van der Waals surface area contributed by atoms with E-state index >= 15 is 0 Å². The van der Waals surface area contributed by atoms with Gasteiger partial charge in [0.05, 0.1) is 19.0 Å². The van der Waals surface area contributed by atoms with Crippen molar-refractivity contribution in [3.05, 3.63) is 29.8 Å². The molecular formula is C30H40F7N5O5Si. The SMILES string of the molecule is COc1cc(-c2cc(C(=O)N3CC[C@@H](C(=O)N[C@H]4CC[C@@](O)(C(F)(F)F)CC4)C[C@@H]3C(F)(F)F)nn2COCC[Si](C)(C)C)c(F)cn1. The number of likely N-dealkylation sites (tertiary alicyclic amines) is 1. The second-order valence-electron chi connectivity index (χ2n) is 13.6. The molecule has 0 bridgehead atoms. The quantitative estimate of drug-likeness (QED) is 0.189. The third kappa shape index (κ3) is 8.85. The van der Waals surface area contributed by atoms with E-state index in [1.807, 2.05) is 0 Å². The van der Waals surface area contributed by atoms with Crippen LogP contribution in [0.15, 0.2) is 18.3 Å². The van der Waals surface area contributed by atoms with Crippen molar-refractivity contribution >= 4 is 19.9 Å². The summed E-state index contributed by atoms with van der Waals surface area (Å²) in [7, 11) is -0.162. The molecule has 1 aliphatic carbocycles. The number of amides is 2. The van der Waals surface area contributed by atoms with E-state index in [0.29, 0.717) is 11.5 Å². The first-order chi connectivity index (χ1) is 22.2. The predicted molar refractivity (Wildman–Crippen MR) is 161 cm³/mol. The monoisotopic (exact) mass is 711 g/mol. The van der Waals surface area contributed by atoms with Gasteiger partial charge in [-0.15, -0.1) is 0 Å². The Hall–Kier alpha value is -3.25. The number of aliphatic hydroxyl groups is 1. The van der Waals surface area contributed by atoms with Gasteiger partial charge in [0, 0.05) is 44.8 Å². The number of nitrogens with zero attached hydrogens (tertiary/aromatic N) is 4. The number of aromatic nitrogens is 3. The van der Waals surface area contributed by atoms with Gasteiger partial charge in [0.25, 0.3) is 5.91 Å². The summed E-state index contributed by atoms with van der Waals surface area (Å²) in [5.41, 5.74) is -3.29. The summed E-state index contributed by atoms with van der Waals surface area (Å²) in [5, 5.41) is 16.6. The molecule has 2 aromatic heterocycles. The summed E-state index contributed by atoms with van der Waals surface area (Å²) in [5.74, 6) is -3.76. The summed E-state index contributed by atoms with van der Waals surface area (Å²) < 4.78 is 109. The maximum Gasteiger partial charge on any atom is 0.417 e. The number of hydrogen-bond donors (Lipinski definition) is 2. The summed E-state index contributed by atoms with van der Waals surface area (Å²) in [6, 6.07) is 0.110. The van der Waals surface area contributed by atoms with E-state index in [4.69, 9.17) is 9.47 Å². The number of alkyl halides is 6. The molecule has 2 atom stereocenters. The van der Waals surface area contributed by atoms with Crippen LogP contribution in [0.4, 0.5) is 30.7 Å². The number of methoxy groups -OCH3 is 1. The van der Waals surface area contributed by atoms with Gasteiger partial charge in [0.2, 0.25) is 11.8 Å². The molecule has 1 aliphatic heterocycles. The molecule has 2 N–H and O–H groups in total. The van der Waals surface area contributed by atoms with Crippen LogP contribution in [0.2, 0.25) is 25.7 Å². The van der Waals surface area contributed by atoms with Crippen molar-refractivity contribution in [2.75, 3.05) is 20.3 Å². The normalized spacial score (nSPS) is 24.0. The lowest BCUT2D eigenvalue weighted by molar-refractivity contribution is -0.270.